The molecule has 1 aliphatic rings. The van der Waals surface area contributed by atoms with Crippen LogP contribution in [0.15, 0.2) is 79.0 Å². The lowest BCUT2D eigenvalue weighted by Crippen LogP contribution is -2.38. The van der Waals surface area contributed by atoms with Gasteiger partial charge in [0.1, 0.15) is 6.61 Å². The monoisotopic (exact) mass is 688 g/mol. The molecule has 5 rings (SSSR count). The van der Waals surface area contributed by atoms with E-state index in [1.165, 1.54) is 12.7 Å². The first-order valence-corrected chi connectivity index (χ1v) is 16.9. The fraction of sp³-hybridized carbons (Fsp3) is 0.351. The Bertz CT molecular complexity index is 1690. The summed E-state index contributed by atoms with van der Waals surface area (Å²) >= 11 is 13.2. The van der Waals surface area contributed by atoms with Crippen LogP contribution in [-0.4, -0.2) is 92.1 Å². The van der Waals surface area contributed by atoms with Crippen molar-refractivity contribution in [1.29, 1.82) is 0 Å². The van der Waals surface area contributed by atoms with Crippen LogP contribution in [0.5, 0.6) is 0 Å². The third-order valence-electron chi connectivity index (χ3n) is 8.58. The molecule has 252 valence electrons. The smallest absolute Gasteiger partial charge is 0.257 e. The van der Waals surface area contributed by atoms with Gasteiger partial charge in [0.25, 0.3) is 11.8 Å². The normalized spacial score (nSPS) is 14.3. The van der Waals surface area contributed by atoms with Gasteiger partial charge in [0.15, 0.2) is 0 Å². The number of rotatable bonds is 9. The average Bonchev–Trinajstić information content (AvgIpc) is 3.12. The second-order valence-electron chi connectivity index (χ2n) is 12.1. The largest absolute Gasteiger partial charge is 0.375 e. The molecule has 0 fully saturated rings. The van der Waals surface area contributed by atoms with E-state index >= 15 is 0 Å². The summed E-state index contributed by atoms with van der Waals surface area (Å²) in [5.74, 6) is 0.184. The molecule has 9 nitrogen and oxygen atoms in total. The van der Waals surface area contributed by atoms with Gasteiger partial charge in [-0.2, -0.15) is 0 Å². The predicted octanol–water partition coefficient (Wildman–Crippen LogP) is 6.01. The minimum Gasteiger partial charge on any atom is -0.375 e. The Hall–Kier alpha value is -4.02. The Morgan fingerprint density at radius 2 is 1.65 bits per heavy atom. The summed E-state index contributed by atoms with van der Waals surface area (Å²) in [7, 11) is 5.50. The highest BCUT2D eigenvalue weighted by molar-refractivity contribution is 6.36. The Balaban J connectivity index is 1.51. The second-order valence-corrected chi connectivity index (χ2v) is 12.9. The zero-order chi connectivity index (χ0) is 34.0. The topological polar surface area (TPSA) is 82.1 Å². The van der Waals surface area contributed by atoms with Crippen molar-refractivity contribution >= 4 is 46.7 Å². The van der Waals surface area contributed by atoms with Gasteiger partial charge in [-0.25, -0.2) is 9.97 Å². The first-order chi connectivity index (χ1) is 23.2. The first kappa shape index (κ1) is 35.3. The van der Waals surface area contributed by atoms with Crippen LogP contribution < -0.4 is 9.80 Å². The number of fused-ring (bicyclic) bond motifs is 1. The van der Waals surface area contributed by atoms with Crippen molar-refractivity contribution in [3.8, 4) is 0 Å². The quantitative estimate of drug-likeness (QED) is 0.213. The number of benzene rings is 3. The highest BCUT2D eigenvalue weighted by atomic mass is 35.5. The molecule has 0 spiro atoms. The van der Waals surface area contributed by atoms with Gasteiger partial charge in [-0.1, -0.05) is 77.8 Å². The van der Waals surface area contributed by atoms with Crippen LogP contribution >= 0.6 is 23.2 Å². The number of nitrogens with zero attached hydrogens (tertiary/aromatic N) is 6. The maximum absolute atomic E-state index is 14.6. The van der Waals surface area contributed by atoms with Gasteiger partial charge in [-0.3, -0.25) is 9.59 Å². The van der Waals surface area contributed by atoms with Gasteiger partial charge in [-0.05, 0) is 61.3 Å². The van der Waals surface area contributed by atoms with E-state index in [2.05, 4.69) is 22.0 Å². The average molecular weight is 690 g/mol. The minimum absolute atomic E-state index is 0.0235. The van der Waals surface area contributed by atoms with Crippen LogP contribution in [0.3, 0.4) is 0 Å². The van der Waals surface area contributed by atoms with Crippen molar-refractivity contribution in [2.24, 2.45) is 0 Å². The molecule has 48 heavy (non-hydrogen) atoms. The van der Waals surface area contributed by atoms with Crippen LogP contribution in [0.2, 0.25) is 10.0 Å². The van der Waals surface area contributed by atoms with Gasteiger partial charge in [0.05, 0.1) is 11.3 Å². The third kappa shape index (κ3) is 8.90. The maximum atomic E-state index is 14.6. The number of hydrogen-bond acceptors (Lipinski definition) is 7. The molecule has 0 bridgehead atoms. The Morgan fingerprint density at radius 1 is 0.917 bits per heavy atom. The number of carbonyl (C=O) groups excluding carboxylic acids is 2. The van der Waals surface area contributed by atoms with E-state index in [0.717, 1.165) is 30.6 Å². The van der Waals surface area contributed by atoms with E-state index < -0.39 is 0 Å². The number of para-hydroxylation sites is 1. The lowest BCUT2D eigenvalue weighted by molar-refractivity contribution is -0.122. The zero-order valence-electron chi connectivity index (χ0n) is 27.7. The molecular weight excluding hydrogens is 647 g/mol. The molecule has 0 atom stereocenters. The summed E-state index contributed by atoms with van der Waals surface area (Å²) in [4.78, 5) is 45.2. The Labute approximate surface area is 293 Å². The molecule has 2 amide bonds. The number of halogens is 2. The summed E-state index contributed by atoms with van der Waals surface area (Å²) in [6, 6.07) is 23.4. The predicted molar refractivity (Wildman–Crippen MR) is 192 cm³/mol. The molecule has 2 heterocycles. The molecule has 1 aliphatic heterocycles. The summed E-state index contributed by atoms with van der Waals surface area (Å²) in [6.07, 6.45) is 3.48. The van der Waals surface area contributed by atoms with Crippen LogP contribution in [0.25, 0.3) is 0 Å². The van der Waals surface area contributed by atoms with Crippen molar-refractivity contribution in [3.05, 3.63) is 117 Å². The third-order valence-corrected chi connectivity index (χ3v) is 9.29. The van der Waals surface area contributed by atoms with Crippen LogP contribution in [0.4, 0.5) is 11.6 Å². The zero-order valence-corrected chi connectivity index (χ0v) is 29.3. The number of aromatic nitrogens is 2. The molecule has 0 aliphatic carbocycles. The fourth-order valence-corrected chi connectivity index (χ4v) is 6.36. The highest BCUT2D eigenvalue weighted by Gasteiger charge is 2.26. The van der Waals surface area contributed by atoms with Crippen molar-refractivity contribution in [2.75, 3.05) is 70.3 Å². The van der Waals surface area contributed by atoms with Crippen LogP contribution in [0, 0.1) is 0 Å². The minimum atomic E-state index is -0.205. The summed E-state index contributed by atoms with van der Waals surface area (Å²) in [6.45, 7) is 3.41. The van der Waals surface area contributed by atoms with Crippen molar-refractivity contribution < 1.29 is 14.3 Å². The van der Waals surface area contributed by atoms with E-state index in [1.807, 2.05) is 66.4 Å². The van der Waals surface area contributed by atoms with E-state index in [-0.39, 0.29) is 24.8 Å². The van der Waals surface area contributed by atoms with E-state index in [1.54, 1.807) is 29.3 Å². The Kier molecular flexibility index (Phi) is 12.4. The number of methoxy groups -OCH3 is 1. The number of likely N-dealkylation sites (N-methyl/N-ethyl adjacent to an activating group) is 2. The summed E-state index contributed by atoms with van der Waals surface area (Å²) in [5, 5.41) is 1.01. The van der Waals surface area contributed by atoms with Crippen LogP contribution in [0.1, 0.15) is 39.2 Å². The molecule has 0 unspecified atom stereocenters. The fourth-order valence-electron chi connectivity index (χ4n) is 5.83. The molecule has 3 aromatic carbocycles. The number of amides is 2. The summed E-state index contributed by atoms with van der Waals surface area (Å²) < 4.78 is 5.20. The molecule has 1 aromatic heterocycles. The molecule has 4 aromatic rings. The molecule has 0 saturated heterocycles. The van der Waals surface area contributed by atoms with Gasteiger partial charge in [0.2, 0.25) is 5.95 Å². The SMILES string of the molecule is COCC(=O)N1CCCN(C)CCN(C(=O)c2cnc(N(C)CCc3ccccc3)nc2Cc2c(Cl)cccc2Cl)Cc2ccccc21. The molecule has 0 saturated carbocycles. The van der Waals surface area contributed by atoms with Crippen molar-refractivity contribution in [1.82, 2.24) is 19.8 Å². The molecule has 0 N–H and O–H groups in total. The lowest BCUT2D eigenvalue weighted by Gasteiger charge is -2.28. The summed E-state index contributed by atoms with van der Waals surface area (Å²) in [5.41, 5.74) is 4.48. The Morgan fingerprint density at radius 3 is 2.40 bits per heavy atom. The lowest BCUT2D eigenvalue weighted by atomic mass is 10.0. The number of hydrogen-bond donors (Lipinski definition) is 0. The number of anilines is 2. The standard InChI is InChI=1S/C37H42Cl2N6O3/c1-42-18-10-19-45(35(46)26-48-3)34-16-8-7-13-28(34)25-44(22-21-42)36(47)30-24-40-37(43(2)20-17-27-11-5-4-6-12-27)41-33(30)23-29-31(38)14-9-15-32(29)39/h4-9,11-16,24H,10,17-23,25-26H2,1-3H3. The molecule has 0 radical (unpaired) electrons. The van der Waals surface area contributed by atoms with Gasteiger partial charge in [-0.15, -0.1) is 0 Å². The highest BCUT2D eigenvalue weighted by Crippen LogP contribution is 2.29. The number of ether oxygens (including phenoxy) is 1. The maximum Gasteiger partial charge on any atom is 0.257 e. The molecular formula is C37H42Cl2N6O3. The van der Waals surface area contributed by atoms with E-state index in [9.17, 15) is 9.59 Å². The van der Waals surface area contributed by atoms with Gasteiger partial charge >= 0.3 is 0 Å². The number of carbonyl (C=O) groups is 2. The van der Waals surface area contributed by atoms with Gasteiger partial charge < -0.3 is 24.3 Å². The second kappa shape index (κ2) is 16.9. The van der Waals surface area contributed by atoms with Crippen LogP contribution in [-0.2, 0) is 28.9 Å². The first-order valence-electron chi connectivity index (χ1n) is 16.1. The van der Waals surface area contributed by atoms with E-state index in [0.29, 0.717) is 65.5 Å². The van der Waals surface area contributed by atoms with Crippen molar-refractivity contribution in [3.63, 3.8) is 0 Å². The van der Waals surface area contributed by atoms with Gasteiger partial charge in [0, 0.05) is 75.2 Å². The van der Waals surface area contributed by atoms with Crippen molar-refractivity contribution in [2.45, 2.75) is 25.8 Å². The van der Waals surface area contributed by atoms with E-state index in [4.69, 9.17) is 32.9 Å². The molecule has 11 heteroatoms.